The van der Waals surface area contributed by atoms with Crippen molar-refractivity contribution in [3.8, 4) is 17.2 Å². The molecule has 2 atom stereocenters. The number of hydrogen-bond donors (Lipinski definition) is 0. The smallest absolute Gasteiger partial charge is 0.236 e. The number of ketones is 1. The van der Waals surface area contributed by atoms with Crippen molar-refractivity contribution >= 4 is 16.8 Å². The Morgan fingerprint density at radius 3 is 2.71 bits per heavy atom. The summed E-state index contributed by atoms with van der Waals surface area (Å²) in [4.78, 5) is 24.4. The molecule has 1 aliphatic heterocycles. The third kappa shape index (κ3) is 2.84. The van der Waals surface area contributed by atoms with Gasteiger partial charge in [-0.25, -0.2) is 4.39 Å². The van der Waals surface area contributed by atoms with Crippen LogP contribution < -0.4 is 10.2 Å². The Labute approximate surface area is 161 Å². The molecule has 0 saturated heterocycles. The molecule has 0 fully saturated rings. The van der Waals surface area contributed by atoms with Crippen molar-refractivity contribution in [3.63, 3.8) is 0 Å². The number of alkyl halides is 1. The van der Waals surface area contributed by atoms with Gasteiger partial charge in [-0.05, 0) is 25.3 Å². The minimum Gasteiger partial charge on any atom is -0.457 e. The van der Waals surface area contributed by atoms with Crippen molar-refractivity contribution in [3.05, 3.63) is 51.8 Å². The molecule has 4 rings (SSSR count). The van der Waals surface area contributed by atoms with E-state index in [0.717, 1.165) is 10.9 Å². The van der Waals surface area contributed by atoms with Crippen LogP contribution in [0.2, 0.25) is 0 Å². The molecule has 0 saturated carbocycles. The standard InChI is InChI=1S/C22H22FNO4/c1-11(2)17-8-15-14-6-5-7-20(27-13(4)23)22(14)28-21(15)18-9-19(26)16(12(3)25)10-24(17)18/h5-7,9-11,13,17H,8H2,1-4H3. The first-order valence-corrected chi connectivity index (χ1v) is 9.40. The molecule has 0 radical (unpaired) electrons. The lowest BCUT2D eigenvalue weighted by molar-refractivity contribution is 0.0865. The molecule has 0 N–H and O–H groups in total. The molecule has 6 heteroatoms. The van der Waals surface area contributed by atoms with E-state index in [1.165, 1.54) is 19.9 Å². The highest BCUT2D eigenvalue weighted by atomic mass is 19.1. The fraction of sp³-hybridized carbons (Fsp3) is 0.364. The van der Waals surface area contributed by atoms with E-state index in [1.807, 2.05) is 10.6 Å². The number of hydrogen-bond acceptors (Lipinski definition) is 4. The van der Waals surface area contributed by atoms with Gasteiger partial charge < -0.3 is 13.7 Å². The maximum Gasteiger partial charge on any atom is 0.236 e. The van der Waals surface area contributed by atoms with Gasteiger partial charge in [-0.15, -0.1) is 0 Å². The van der Waals surface area contributed by atoms with Crippen LogP contribution in [0.1, 0.15) is 49.7 Å². The first kappa shape index (κ1) is 18.5. The summed E-state index contributed by atoms with van der Waals surface area (Å²) in [5, 5.41) is 0.855. The average Bonchev–Trinajstić information content (AvgIpc) is 2.99. The molecule has 146 valence electrons. The van der Waals surface area contributed by atoms with Crippen molar-refractivity contribution in [1.82, 2.24) is 4.57 Å². The van der Waals surface area contributed by atoms with Crippen LogP contribution in [-0.4, -0.2) is 16.7 Å². The molecule has 2 aromatic heterocycles. The van der Waals surface area contributed by atoms with Gasteiger partial charge in [0.2, 0.25) is 6.36 Å². The summed E-state index contributed by atoms with van der Waals surface area (Å²) >= 11 is 0. The molecule has 3 aromatic rings. The van der Waals surface area contributed by atoms with Crippen LogP contribution in [-0.2, 0) is 6.42 Å². The summed E-state index contributed by atoms with van der Waals surface area (Å²) in [6, 6.07) is 6.92. The van der Waals surface area contributed by atoms with Crippen LogP contribution in [0.5, 0.6) is 5.75 Å². The molecule has 3 heterocycles. The van der Waals surface area contributed by atoms with Crippen molar-refractivity contribution < 1.29 is 18.3 Å². The molecule has 5 nitrogen and oxygen atoms in total. The Balaban J connectivity index is 2.01. The van der Waals surface area contributed by atoms with E-state index in [2.05, 4.69) is 13.8 Å². The van der Waals surface area contributed by atoms with Gasteiger partial charge in [-0.2, -0.15) is 0 Å². The lowest BCUT2D eigenvalue weighted by Gasteiger charge is -2.31. The lowest BCUT2D eigenvalue weighted by atomic mass is 9.89. The quantitative estimate of drug-likeness (QED) is 0.601. The Morgan fingerprint density at radius 1 is 1.32 bits per heavy atom. The third-order valence-corrected chi connectivity index (χ3v) is 5.30. The van der Waals surface area contributed by atoms with E-state index >= 15 is 0 Å². The van der Waals surface area contributed by atoms with E-state index in [0.29, 0.717) is 29.2 Å². The maximum absolute atomic E-state index is 13.4. The predicted molar refractivity (Wildman–Crippen MR) is 105 cm³/mol. The molecule has 2 unspecified atom stereocenters. The molecule has 1 aliphatic rings. The Bertz CT molecular complexity index is 1140. The molecular weight excluding hydrogens is 361 g/mol. The first-order chi connectivity index (χ1) is 13.3. The van der Waals surface area contributed by atoms with Gasteiger partial charge >= 0.3 is 0 Å². The number of carbonyl (C=O) groups is 1. The zero-order chi connectivity index (χ0) is 20.2. The zero-order valence-corrected chi connectivity index (χ0v) is 16.3. The number of furan rings is 1. The second kappa shape index (κ2) is 6.62. The lowest BCUT2D eigenvalue weighted by Crippen LogP contribution is -2.27. The van der Waals surface area contributed by atoms with Gasteiger partial charge in [0, 0.05) is 36.2 Å². The summed E-state index contributed by atoms with van der Waals surface area (Å²) in [7, 11) is 0. The van der Waals surface area contributed by atoms with E-state index in [4.69, 9.17) is 9.15 Å². The fourth-order valence-electron chi connectivity index (χ4n) is 3.96. The second-order valence-electron chi connectivity index (χ2n) is 7.62. The van der Waals surface area contributed by atoms with Crippen molar-refractivity contribution in [1.29, 1.82) is 0 Å². The number of ether oxygens (including phenoxy) is 1. The average molecular weight is 383 g/mol. The highest BCUT2D eigenvalue weighted by Crippen LogP contribution is 2.44. The summed E-state index contributed by atoms with van der Waals surface area (Å²) in [5.74, 6) is 0.911. The van der Waals surface area contributed by atoms with Gasteiger partial charge in [0.05, 0.1) is 11.3 Å². The summed E-state index contributed by atoms with van der Waals surface area (Å²) < 4.78 is 26.8. The van der Waals surface area contributed by atoms with Gasteiger partial charge in [-0.3, -0.25) is 9.59 Å². The Hall–Kier alpha value is -2.89. The minimum absolute atomic E-state index is 0.0617. The van der Waals surface area contributed by atoms with Gasteiger partial charge in [0.25, 0.3) is 0 Å². The predicted octanol–water partition coefficient (Wildman–Crippen LogP) is 4.91. The van der Waals surface area contributed by atoms with E-state index in [-0.39, 0.29) is 28.7 Å². The van der Waals surface area contributed by atoms with E-state index in [1.54, 1.807) is 18.3 Å². The number of rotatable bonds is 4. The number of fused-ring (bicyclic) bond motifs is 5. The first-order valence-electron chi connectivity index (χ1n) is 9.40. The highest BCUT2D eigenvalue weighted by Gasteiger charge is 2.32. The van der Waals surface area contributed by atoms with Crippen LogP contribution in [0.4, 0.5) is 4.39 Å². The largest absolute Gasteiger partial charge is 0.457 e. The SMILES string of the molecule is CC(=O)c1cn2c(cc1=O)-c1oc3c(OC(C)F)cccc3c1CC2C(C)C. The maximum atomic E-state index is 13.4. The molecular formula is C22H22FNO4. The molecule has 0 bridgehead atoms. The fourth-order valence-corrected chi connectivity index (χ4v) is 3.96. The van der Waals surface area contributed by atoms with Crippen LogP contribution in [0, 0.1) is 5.92 Å². The highest BCUT2D eigenvalue weighted by molar-refractivity contribution is 5.95. The van der Waals surface area contributed by atoms with Gasteiger partial charge in [0.15, 0.2) is 28.3 Å². The topological polar surface area (TPSA) is 61.4 Å². The summed E-state index contributed by atoms with van der Waals surface area (Å²) in [6.07, 6.45) is 0.855. The number of nitrogens with zero attached hydrogens (tertiary/aromatic N) is 1. The normalized spacial score (nSPS) is 16.7. The molecule has 0 amide bonds. The molecule has 1 aromatic carbocycles. The van der Waals surface area contributed by atoms with Crippen LogP contribution in [0.3, 0.4) is 0 Å². The third-order valence-electron chi connectivity index (χ3n) is 5.30. The zero-order valence-electron chi connectivity index (χ0n) is 16.3. The second-order valence-corrected chi connectivity index (χ2v) is 7.62. The Kier molecular flexibility index (Phi) is 4.37. The van der Waals surface area contributed by atoms with Crippen LogP contribution >= 0.6 is 0 Å². The van der Waals surface area contributed by atoms with Crippen LogP contribution in [0.15, 0.2) is 39.7 Å². The van der Waals surface area contributed by atoms with Crippen LogP contribution in [0.25, 0.3) is 22.4 Å². The number of pyridine rings is 1. The summed E-state index contributed by atoms with van der Waals surface area (Å²) in [6.45, 7) is 6.92. The number of Topliss-reactive ketones (excluding diaryl/α,β-unsaturated/α-hetero) is 1. The van der Waals surface area contributed by atoms with Crippen molar-refractivity contribution in [2.24, 2.45) is 5.92 Å². The number of carbonyl (C=O) groups excluding carboxylic acids is 1. The molecule has 28 heavy (non-hydrogen) atoms. The number of para-hydroxylation sites is 1. The number of halogens is 1. The van der Waals surface area contributed by atoms with E-state index in [9.17, 15) is 14.0 Å². The monoisotopic (exact) mass is 383 g/mol. The van der Waals surface area contributed by atoms with Crippen molar-refractivity contribution in [2.75, 3.05) is 0 Å². The summed E-state index contributed by atoms with van der Waals surface area (Å²) in [5.41, 5.74) is 1.91. The van der Waals surface area contributed by atoms with Gasteiger partial charge in [0.1, 0.15) is 0 Å². The van der Waals surface area contributed by atoms with Crippen molar-refractivity contribution in [2.45, 2.75) is 46.5 Å². The van der Waals surface area contributed by atoms with E-state index < -0.39 is 6.36 Å². The number of aromatic nitrogens is 1. The minimum atomic E-state index is -1.47. The Morgan fingerprint density at radius 2 is 2.07 bits per heavy atom. The molecule has 0 aliphatic carbocycles. The molecule has 0 spiro atoms. The van der Waals surface area contributed by atoms with Gasteiger partial charge in [-0.1, -0.05) is 26.0 Å². The number of benzene rings is 1.